The Balaban J connectivity index is 1.75. The van der Waals surface area contributed by atoms with E-state index in [4.69, 9.17) is 9.47 Å². The van der Waals surface area contributed by atoms with Gasteiger partial charge in [0.1, 0.15) is 6.33 Å². The molecular weight excluding hydrogens is 242 g/mol. The lowest BCUT2D eigenvalue weighted by atomic mass is 9.97. The van der Waals surface area contributed by atoms with Crippen LogP contribution in [0.5, 0.6) is 11.8 Å². The van der Waals surface area contributed by atoms with Crippen LogP contribution in [-0.4, -0.2) is 35.8 Å². The summed E-state index contributed by atoms with van der Waals surface area (Å²) < 4.78 is 11.2. The Bertz CT molecular complexity index is 379. The van der Waals surface area contributed by atoms with Gasteiger partial charge in [0.2, 0.25) is 11.8 Å². The first-order valence-corrected chi connectivity index (χ1v) is 7.06. The zero-order valence-corrected chi connectivity index (χ0v) is 11.8. The van der Waals surface area contributed by atoms with Crippen molar-refractivity contribution >= 4 is 0 Å². The van der Waals surface area contributed by atoms with Crippen LogP contribution in [0.25, 0.3) is 0 Å². The Morgan fingerprint density at radius 3 is 2.95 bits per heavy atom. The summed E-state index contributed by atoms with van der Waals surface area (Å²) in [7, 11) is 0. The van der Waals surface area contributed by atoms with Crippen LogP contribution in [0.2, 0.25) is 0 Å². The molecule has 0 aliphatic carbocycles. The number of nitrogens with one attached hydrogen (secondary N) is 1. The minimum Gasteiger partial charge on any atom is -0.477 e. The number of hydrogen-bond acceptors (Lipinski definition) is 5. The molecule has 0 spiro atoms. The Hall–Kier alpha value is -1.36. The molecule has 0 saturated carbocycles. The standard InChI is InChI=1S/C14H23N3O2/c1-11(2)19-14-8-13(16-10-17-14)18-7-5-12-4-3-6-15-9-12/h8,10-12,15H,3-7,9H2,1-2H3. The fourth-order valence-corrected chi connectivity index (χ4v) is 2.21. The largest absolute Gasteiger partial charge is 0.477 e. The second kappa shape index (κ2) is 7.28. The summed E-state index contributed by atoms with van der Waals surface area (Å²) in [5, 5.41) is 3.41. The molecule has 1 N–H and O–H groups in total. The van der Waals surface area contributed by atoms with Gasteiger partial charge in [-0.15, -0.1) is 0 Å². The van der Waals surface area contributed by atoms with Crippen molar-refractivity contribution in [1.82, 2.24) is 15.3 Å². The van der Waals surface area contributed by atoms with Crippen molar-refractivity contribution in [3.05, 3.63) is 12.4 Å². The highest BCUT2D eigenvalue weighted by Gasteiger charge is 2.13. The van der Waals surface area contributed by atoms with Crippen LogP contribution < -0.4 is 14.8 Å². The van der Waals surface area contributed by atoms with Gasteiger partial charge in [-0.05, 0) is 52.1 Å². The van der Waals surface area contributed by atoms with Crippen LogP contribution in [0.3, 0.4) is 0 Å². The van der Waals surface area contributed by atoms with Crippen molar-refractivity contribution in [3.8, 4) is 11.8 Å². The van der Waals surface area contributed by atoms with Crippen LogP contribution in [-0.2, 0) is 0 Å². The molecule has 0 bridgehead atoms. The molecule has 1 aromatic heterocycles. The zero-order chi connectivity index (χ0) is 13.5. The van der Waals surface area contributed by atoms with Gasteiger partial charge in [-0.3, -0.25) is 0 Å². The maximum Gasteiger partial charge on any atom is 0.220 e. The molecule has 2 rings (SSSR count). The predicted octanol–water partition coefficient (Wildman–Crippen LogP) is 2.03. The first-order chi connectivity index (χ1) is 9.24. The molecule has 1 unspecified atom stereocenters. The summed E-state index contributed by atoms with van der Waals surface area (Å²) in [6.07, 6.45) is 5.22. The van der Waals surface area contributed by atoms with Crippen LogP contribution in [0.15, 0.2) is 12.4 Å². The molecular formula is C14H23N3O2. The Kier molecular flexibility index (Phi) is 5.39. The Morgan fingerprint density at radius 2 is 2.21 bits per heavy atom. The summed E-state index contributed by atoms with van der Waals surface area (Å²) in [6.45, 7) is 6.90. The van der Waals surface area contributed by atoms with E-state index in [1.807, 2.05) is 13.8 Å². The average Bonchev–Trinajstić information content (AvgIpc) is 2.40. The van der Waals surface area contributed by atoms with Crippen molar-refractivity contribution in [2.24, 2.45) is 5.92 Å². The van der Waals surface area contributed by atoms with Gasteiger partial charge in [0.25, 0.3) is 0 Å². The summed E-state index contributed by atoms with van der Waals surface area (Å²) in [5.74, 6) is 1.88. The second-order valence-electron chi connectivity index (χ2n) is 5.21. The van der Waals surface area contributed by atoms with Crippen molar-refractivity contribution in [3.63, 3.8) is 0 Å². The van der Waals surface area contributed by atoms with Crippen LogP contribution in [0.1, 0.15) is 33.1 Å². The third-order valence-corrected chi connectivity index (χ3v) is 3.15. The smallest absolute Gasteiger partial charge is 0.220 e. The van der Waals surface area contributed by atoms with Gasteiger partial charge in [0.05, 0.1) is 18.8 Å². The van der Waals surface area contributed by atoms with E-state index < -0.39 is 0 Å². The molecule has 19 heavy (non-hydrogen) atoms. The third kappa shape index (κ3) is 5.03. The quantitative estimate of drug-likeness (QED) is 0.853. The first kappa shape index (κ1) is 14.1. The lowest BCUT2D eigenvalue weighted by molar-refractivity contribution is 0.224. The van der Waals surface area contributed by atoms with Crippen LogP contribution in [0.4, 0.5) is 0 Å². The molecule has 106 valence electrons. The summed E-state index contributed by atoms with van der Waals surface area (Å²) >= 11 is 0. The first-order valence-electron chi connectivity index (χ1n) is 7.06. The number of nitrogens with zero attached hydrogens (tertiary/aromatic N) is 2. The van der Waals surface area contributed by atoms with Gasteiger partial charge in [0, 0.05) is 0 Å². The van der Waals surface area contributed by atoms with Crippen molar-refractivity contribution < 1.29 is 9.47 Å². The molecule has 2 heterocycles. The minimum atomic E-state index is 0.107. The van der Waals surface area contributed by atoms with Crippen molar-refractivity contribution in [2.45, 2.75) is 39.2 Å². The predicted molar refractivity (Wildman–Crippen MR) is 73.5 cm³/mol. The van der Waals surface area contributed by atoms with E-state index in [0.29, 0.717) is 18.4 Å². The van der Waals surface area contributed by atoms with Gasteiger partial charge < -0.3 is 14.8 Å². The van der Waals surface area contributed by atoms with E-state index in [0.717, 1.165) is 25.4 Å². The minimum absolute atomic E-state index is 0.107. The SMILES string of the molecule is CC(C)Oc1cc(OCCC2CCCNC2)ncn1. The normalized spacial score (nSPS) is 19.4. The molecule has 1 saturated heterocycles. The topological polar surface area (TPSA) is 56.3 Å². The van der Waals surface area contributed by atoms with E-state index in [2.05, 4.69) is 15.3 Å². The Labute approximate surface area is 114 Å². The number of ether oxygens (including phenoxy) is 2. The molecule has 5 heteroatoms. The number of rotatable bonds is 6. The van der Waals surface area contributed by atoms with Crippen LogP contribution >= 0.6 is 0 Å². The molecule has 1 atom stereocenters. The van der Waals surface area contributed by atoms with E-state index in [9.17, 15) is 0 Å². The molecule has 1 fully saturated rings. The maximum absolute atomic E-state index is 5.67. The highest BCUT2D eigenvalue weighted by atomic mass is 16.5. The average molecular weight is 265 g/mol. The highest BCUT2D eigenvalue weighted by molar-refractivity contribution is 5.18. The molecule has 0 aromatic carbocycles. The van der Waals surface area contributed by atoms with Gasteiger partial charge >= 0.3 is 0 Å². The third-order valence-electron chi connectivity index (χ3n) is 3.15. The number of aromatic nitrogens is 2. The van der Waals surface area contributed by atoms with Crippen molar-refractivity contribution in [2.75, 3.05) is 19.7 Å². The number of hydrogen-bond donors (Lipinski definition) is 1. The Morgan fingerprint density at radius 1 is 1.37 bits per heavy atom. The van der Waals surface area contributed by atoms with E-state index in [-0.39, 0.29) is 6.10 Å². The lowest BCUT2D eigenvalue weighted by Crippen LogP contribution is -2.30. The maximum atomic E-state index is 5.67. The van der Waals surface area contributed by atoms with E-state index in [1.54, 1.807) is 6.07 Å². The molecule has 1 aliphatic rings. The molecule has 1 aromatic rings. The summed E-state index contributed by atoms with van der Waals surface area (Å²) in [4.78, 5) is 8.15. The second-order valence-corrected chi connectivity index (χ2v) is 5.21. The summed E-state index contributed by atoms with van der Waals surface area (Å²) in [6, 6.07) is 1.75. The molecule has 5 nitrogen and oxygen atoms in total. The molecule has 0 amide bonds. The molecule has 1 aliphatic heterocycles. The fraction of sp³-hybridized carbons (Fsp3) is 0.714. The van der Waals surface area contributed by atoms with Gasteiger partial charge in [-0.1, -0.05) is 0 Å². The van der Waals surface area contributed by atoms with Gasteiger partial charge in [-0.25, -0.2) is 9.97 Å². The van der Waals surface area contributed by atoms with E-state index in [1.165, 1.54) is 19.2 Å². The highest BCUT2D eigenvalue weighted by Crippen LogP contribution is 2.17. The molecule has 0 radical (unpaired) electrons. The van der Waals surface area contributed by atoms with Crippen molar-refractivity contribution in [1.29, 1.82) is 0 Å². The monoisotopic (exact) mass is 265 g/mol. The number of piperidine rings is 1. The fourth-order valence-electron chi connectivity index (χ4n) is 2.21. The van der Waals surface area contributed by atoms with Crippen LogP contribution in [0, 0.1) is 5.92 Å². The van der Waals surface area contributed by atoms with Gasteiger partial charge in [0.15, 0.2) is 0 Å². The van der Waals surface area contributed by atoms with Gasteiger partial charge in [-0.2, -0.15) is 0 Å². The zero-order valence-electron chi connectivity index (χ0n) is 11.8. The summed E-state index contributed by atoms with van der Waals surface area (Å²) in [5.41, 5.74) is 0. The lowest BCUT2D eigenvalue weighted by Gasteiger charge is -2.22. The van der Waals surface area contributed by atoms with E-state index >= 15 is 0 Å².